The predicted molar refractivity (Wildman–Crippen MR) is 89.8 cm³/mol. The lowest BCUT2D eigenvalue weighted by Gasteiger charge is -2.22. The zero-order valence-electron chi connectivity index (χ0n) is 13.3. The number of aryl methyl sites for hydroxylation is 1. The molecule has 2 rings (SSSR count). The quantitative estimate of drug-likeness (QED) is 0.756. The van der Waals surface area contributed by atoms with Gasteiger partial charge in [-0.3, -0.25) is 9.59 Å². The Morgan fingerprint density at radius 3 is 2.74 bits per heavy atom. The zero-order chi connectivity index (χ0) is 16.5. The van der Waals surface area contributed by atoms with Gasteiger partial charge in [-0.25, -0.2) is 4.99 Å². The summed E-state index contributed by atoms with van der Waals surface area (Å²) in [5, 5.41) is 11.9. The van der Waals surface area contributed by atoms with Crippen LogP contribution in [0.25, 0.3) is 0 Å². The van der Waals surface area contributed by atoms with Crippen molar-refractivity contribution in [2.24, 2.45) is 10.9 Å². The van der Waals surface area contributed by atoms with Gasteiger partial charge in [-0.05, 0) is 55.8 Å². The van der Waals surface area contributed by atoms with Crippen molar-refractivity contribution in [2.45, 2.75) is 38.5 Å². The number of piperidine rings is 1. The highest BCUT2D eigenvalue weighted by Gasteiger charge is 2.13. The molecule has 0 bridgehead atoms. The minimum absolute atomic E-state index is 0.211. The van der Waals surface area contributed by atoms with Crippen LogP contribution in [-0.2, 0) is 22.4 Å². The van der Waals surface area contributed by atoms with Crippen molar-refractivity contribution < 1.29 is 14.7 Å². The molecule has 0 radical (unpaired) electrons. The highest BCUT2D eigenvalue weighted by molar-refractivity contribution is 5.91. The van der Waals surface area contributed by atoms with Crippen molar-refractivity contribution in [2.75, 3.05) is 13.1 Å². The fraction of sp³-hybridized carbons (Fsp3) is 0.500. The molecule has 0 atom stereocenters. The largest absolute Gasteiger partial charge is 0.481 e. The third-order valence-electron chi connectivity index (χ3n) is 4.10. The standard InChI is InChI=1S/C18H24N2O3/c21-17(20-11-8-18(22)23)5-4-14-2-1-3-16(12-14)13-15-6-9-19-10-7-15/h1-3,11-12,15,19H,4-10,13H2,(H,22,23). The number of hydrogen-bond donors (Lipinski definition) is 2. The molecule has 0 unspecified atom stereocenters. The molecule has 1 saturated heterocycles. The molecule has 1 aromatic carbocycles. The van der Waals surface area contributed by atoms with E-state index in [0.29, 0.717) is 12.8 Å². The lowest BCUT2D eigenvalue weighted by atomic mass is 9.90. The van der Waals surface area contributed by atoms with Crippen molar-refractivity contribution in [1.29, 1.82) is 0 Å². The first-order valence-electron chi connectivity index (χ1n) is 8.19. The summed E-state index contributed by atoms with van der Waals surface area (Å²) in [4.78, 5) is 25.6. The van der Waals surface area contributed by atoms with Gasteiger partial charge in [0.15, 0.2) is 0 Å². The van der Waals surface area contributed by atoms with Crippen LogP contribution in [0, 0.1) is 5.92 Å². The summed E-state index contributed by atoms with van der Waals surface area (Å²) in [6, 6.07) is 8.40. The van der Waals surface area contributed by atoms with Crippen molar-refractivity contribution in [3.8, 4) is 0 Å². The van der Waals surface area contributed by atoms with Gasteiger partial charge in [-0.2, -0.15) is 0 Å². The third kappa shape index (κ3) is 6.74. The number of rotatable bonds is 7. The SMILES string of the molecule is O=C(O)CC=NC(=O)CCc1cccc(CC2CCNCC2)c1. The third-order valence-corrected chi connectivity index (χ3v) is 4.10. The number of hydrogen-bond acceptors (Lipinski definition) is 3. The van der Waals surface area contributed by atoms with Crippen molar-refractivity contribution >= 4 is 18.1 Å². The van der Waals surface area contributed by atoms with Crippen molar-refractivity contribution in [3.05, 3.63) is 35.4 Å². The number of nitrogens with one attached hydrogen (secondary N) is 1. The molecule has 1 aromatic rings. The number of carbonyl (C=O) groups is 2. The number of aliphatic carboxylic acids is 1. The highest BCUT2D eigenvalue weighted by Crippen LogP contribution is 2.19. The molecule has 0 aromatic heterocycles. The summed E-state index contributed by atoms with van der Waals surface area (Å²) >= 11 is 0. The second-order valence-electron chi connectivity index (χ2n) is 6.02. The normalized spacial score (nSPS) is 15.8. The Bertz CT molecular complexity index is 563. The van der Waals surface area contributed by atoms with Crippen molar-refractivity contribution in [3.63, 3.8) is 0 Å². The molecule has 2 N–H and O–H groups in total. The maximum Gasteiger partial charge on any atom is 0.308 e. The number of nitrogens with zero attached hydrogens (tertiary/aromatic N) is 1. The fourth-order valence-electron chi connectivity index (χ4n) is 2.87. The van der Waals surface area contributed by atoms with E-state index in [1.165, 1.54) is 18.4 Å². The van der Waals surface area contributed by atoms with E-state index in [2.05, 4.69) is 22.4 Å². The molecular formula is C18H24N2O3. The maximum atomic E-state index is 11.6. The van der Waals surface area contributed by atoms with E-state index >= 15 is 0 Å². The Hall–Kier alpha value is -2.01. The van der Waals surface area contributed by atoms with Crippen LogP contribution in [-0.4, -0.2) is 36.3 Å². The van der Waals surface area contributed by atoms with Gasteiger partial charge in [-0.1, -0.05) is 24.3 Å². The van der Waals surface area contributed by atoms with Crippen LogP contribution in [0.5, 0.6) is 0 Å². The zero-order valence-corrected chi connectivity index (χ0v) is 13.3. The first-order chi connectivity index (χ1) is 11.1. The van der Waals surface area contributed by atoms with Crippen LogP contribution < -0.4 is 5.32 Å². The fourth-order valence-corrected chi connectivity index (χ4v) is 2.87. The van der Waals surface area contributed by atoms with Crippen LogP contribution >= 0.6 is 0 Å². The topological polar surface area (TPSA) is 78.8 Å². The van der Waals surface area contributed by atoms with Gasteiger partial charge >= 0.3 is 5.97 Å². The number of aliphatic imine (C=N–C) groups is 1. The van der Waals surface area contributed by atoms with Crippen LogP contribution in [0.1, 0.15) is 36.8 Å². The first-order valence-corrected chi connectivity index (χ1v) is 8.19. The summed E-state index contributed by atoms with van der Waals surface area (Å²) in [7, 11) is 0. The average molecular weight is 316 g/mol. The van der Waals surface area contributed by atoms with Gasteiger partial charge in [0.1, 0.15) is 0 Å². The predicted octanol–water partition coefficient (Wildman–Crippen LogP) is 2.23. The van der Waals surface area contributed by atoms with Crippen LogP contribution in [0.15, 0.2) is 29.3 Å². The number of carbonyl (C=O) groups excluding carboxylic acids is 1. The van der Waals surface area contributed by atoms with Gasteiger partial charge in [-0.15, -0.1) is 0 Å². The molecule has 124 valence electrons. The number of benzene rings is 1. The highest BCUT2D eigenvalue weighted by atomic mass is 16.4. The smallest absolute Gasteiger partial charge is 0.308 e. The molecule has 1 heterocycles. The van der Waals surface area contributed by atoms with Crippen LogP contribution in [0.4, 0.5) is 0 Å². The molecular weight excluding hydrogens is 292 g/mol. The molecule has 1 amide bonds. The van der Waals surface area contributed by atoms with E-state index in [0.717, 1.165) is 37.2 Å². The monoisotopic (exact) mass is 316 g/mol. The summed E-state index contributed by atoms with van der Waals surface area (Å²) in [5.41, 5.74) is 2.47. The Kier molecular flexibility index (Phi) is 6.94. The van der Waals surface area contributed by atoms with Crippen molar-refractivity contribution in [1.82, 2.24) is 5.32 Å². The van der Waals surface area contributed by atoms with Gasteiger partial charge in [0.25, 0.3) is 0 Å². The minimum Gasteiger partial charge on any atom is -0.481 e. The van der Waals surface area contributed by atoms with E-state index in [1.54, 1.807) is 0 Å². The Labute approximate surface area is 136 Å². The second-order valence-corrected chi connectivity index (χ2v) is 6.02. The molecule has 0 saturated carbocycles. The number of carboxylic acid groups (broad SMARTS) is 1. The molecule has 0 spiro atoms. The minimum atomic E-state index is -0.979. The van der Waals surface area contributed by atoms with E-state index in [1.807, 2.05) is 12.1 Å². The Morgan fingerprint density at radius 2 is 2.00 bits per heavy atom. The average Bonchev–Trinajstić information content (AvgIpc) is 2.54. The maximum absolute atomic E-state index is 11.6. The molecule has 1 aliphatic rings. The second kappa shape index (κ2) is 9.20. The van der Waals surface area contributed by atoms with Crippen LogP contribution in [0.3, 0.4) is 0 Å². The Balaban J connectivity index is 1.81. The molecule has 5 heteroatoms. The van der Waals surface area contributed by atoms with Gasteiger partial charge in [0.05, 0.1) is 6.42 Å². The molecule has 0 aliphatic carbocycles. The van der Waals surface area contributed by atoms with E-state index in [9.17, 15) is 9.59 Å². The van der Waals surface area contributed by atoms with E-state index in [-0.39, 0.29) is 12.3 Å². The van der Waals surface area contributed by atoms with Gasteiger partial charge in [0.2, 0.25) is 5.91 Å². The number of carboxylic acids is 1. The van der Waals surface area contributed by atoms with Gasteiger partial charge < -0.3 is 10.4 Å². The molecule has 1 aliphatic heterocycles. The lowest BCUT2D eigenvalue weighted by molar-refractivity contribution is -0.135. The molecule has 23 heavy (non-hydrogen) atoms. The summed E-state index contributed by atoms with van der Waals surface area (Å²) < 4.78 is 0. The first kappa shape index (κ1) is 17.3. The summed E-state index contributed by atoms with van der Waals surface area (Å²) in [6.45, 7) is 2.21. The lowest BCUT2D eigenvalue weighted by Crippen LogP contribution is -2.28. The number of amides is 1. The van der Waals surface area contributed by atoms with Gasteiger partial charge in [0, 0.05) is 12.6 Å². The summed E-state index contributed by atoms with van der Waals surface area (Å²) in [6.07, 6.45) is 5.45. The van der Waals surface area contributed by atoms with E-state index < -0.39 is 5.97 Å². The Morgan fingerprint density at radius 1 is 1.26 bits per heavy atom. The molecule has 1 fully saturated rings. The molecule has 5 nitrogen and oxygen atoms in total. The van der Waals surface area contributed by atoms with Crippen LogP contribution in [0.2, 0.25) is 0 Å². The summed E-state index contributed by atoms with van der Waals surface area (Å²) in [5.74, 6) is -0.504. The van der Waals surface area contributed by atoms with E-state index in [4.69, 9.17) is 5.11 Å².